The molecular weight excluding hydrogens is 368 g/mol. The molecule has 0 amide bonds. The van der Waals surface area contributed by atoms with Crippen LogP contribution in [-0.2, 0) is 0 Å². The zero-order valence-electron chi connectivity index (χ0n) is 20.3. The Morgan fingerprint density at radius 2 is 1.57 bits per heavy atom. The molecule has 0 aliphatic heterocycles. The van der Waals surface area contributed by atoms with Crippen molar-refractivity contribution in [1.29, 1.82) is 0 Å². The number of aliphatic hydroxyl groups excluding tert-OH is 2. The van der Waals surface area contributed by atoms with Gasteiger partial charge >= 0.3 is 0 Å². The molecule has 2 nitrogen and oxygen atoms in total. The van der Waals surface area contributed by atoms with Gasteiger partial charge in [0.05, 0.1) is 12.2 Å². The van der Waals surface area contributed by atoms with Crippen molar-refractivity contribution in [3.8, 4) is 0 Å². The first-order valence-electron chi connectivity index (χ1n) is 12.8. The second kappa shape index (κ2) is 8.07. The maximum absolute atomic E-state index is 11.1. The van der Waals surface area contributed by atoms with Gasteiger partial charge in [-0.1, -0.05) is 65.3 Å². The van der Waals surface area contributed by atoms with Crippen LogP contribution in [0.15, 0.2) is 23.8 Å². The molecule has 0 spiro atoms. The van der Waals surface area contributed by atoms with Crippen molar-refractivity contribution in [2.45, 2.75) is 98.7 Å². The Kier molecular flexibility index (Phi) is 6.08. The lowest BCUT2D eigenvalue weighted by atomic mass is 9.47. The van der Waals surface area contributed by atoms with E-state index in [0.29, 0.717) is 35.0 Å². The van der Waals surface area contributed by atoms with Crippen LogP contribution < -0.4 is 0 Å². The van der Waals surface area contributed by atoms with Crippen molar-refractivity contribution >= 4 is 0 Å². The molecule has 0 aromatic rings. The molecule has 0 heterocycles. The van der Waals surface area contributed by atoms with Gasteiger partial charge in [0.2, 0.25) is 0 Å². The van der Waals surface area contributed by atoms with E-state index >= 15 is 0 Å². The molecule has 170 valence electrons. The molecule has 0 radical (unpaired) electrons. The molecule has 2 heteroatoms. The van der Waals surface area contributed by atoms with Gasteiger partial charge in [-0.3, -0.25) is 0 Å². The van der Waals surface area contributed by atoms with Crippen molar-refractivity contribution in [3.63, 3.8) is 0 Å². The fourth-order valence-electron chi connectivity index (χ4n) is 8.17. The van der Waals surface area contributed by atoms with Crippen LogP contribution in [0.2, 0.25) is 0 Å². The van der Waals surface area contributed by atoms with Crippen molar-refractivity contribution < 1.29 is 10.2 Å². The highest BCUT2D eigenvalue weighted by Crippen LogP contribution is 2.66. The van der Waals surface area contributed by atoms with Crippen molar-refractivity contribution in [2.75, 3.05) is 0 Å². The summed E-state index contributed by atoms with van der Waals surface area (Å²) in [5, 5.41) is 21.4. The van der Waals surface area contributed by atoms with Gasteiger partial charge in [0, 0.05) is 0 Å². The number of rotatable bonds is 4. The normalized spacial score (nSPS) is 48.1. The second-order valence-electron chi connectivity index (χ2n) is 12.4. The van der Waals surface area contributed by atoms with E-state index in [9.17, 15) is 10.2 Å². The minimum atomic E-state index is -0.373. The molecule has 10 atom stereocenters. The summed E-state index contributed by atoms with van der Waals surface area (Å²) in [6, 6.07) is 0. The fourth-order valence-corrected chi connectivity index (χ4v) is 8.17. The van der Waals surface area contributed by atoms with Crippen LogP contribution in [0.1, 0.15) is 86.5 Å². The summed E-state index contributed by atoms with van der Waals surface area (Å²) in [6.07, 6.45) is 14.6. The molecule has 0 bridgehead atoms. The third kappa shape index (κ3) is 3.54. The maximum atomic E-state index is 11.1. The molecule has 4 aliphatic rings. The molecule has 10 unspecified atom stereocenters. The minimum absolute atomic E-state index is 0.167. The summed E-state index contributed by atoms with van der Waals surface area (Å²) >= 11 is 0. The van der Waals surface area contributed by atoms with E-state index in [2.05, 4.69) is 59.8 Å². The smallest absolute Gasteiger partial charge is 0.0758 e. The SMILES string of the molecule is CC(C)C(C)C=CC(C)C1CCC2C3=CC(O)C4CC(O)CCC4(C)C3CCC21C. The third-order valence-electron chi connectivity index (χ3n) is 10.6. The zero-order chi connectivity index (χ0) is 21.8. The Labute approximate surface area is 185 Å². The number of allylic oxidation sites excluding steroid dienone is 3. The molecule has 30 heavy (non-hydrogen) atoms. The van der Waals surface area contributed by atoms with Crippen LogP contribution in [0.25, 0.3) is 0 Å². The van der Waals surface area contributed by atoms with Gasteiger partial charge in [0.15, 0.2) is 0 Å². The van der Waals surface area contributed by atoms with Gasteiger partial charge in [0.25, 0.3) is 0 Å². The topological polar surface area (TPSA) is 40.5 Å². The largest absolute Gasteiger partial charge is 0.393 e. The molecule has 0 aromatic heterocycles. The molecular formula is C28H46O2. The predicted octanol–water partition coefficient (Wildman–Crippen LogP) is 6.38. The van der Waals surface area contributed by atoms with Crippen molar-refractivity contribution in [1.82, 2.24) is 0 Å². The first-order valence-corrected chi connectivity index (χ1v) is 12.8. The number of hydrogen-bond donors (Lipinski definition) is 2. The Morgan fingerprint density at radius 3 is 2.27 bits per heavy atom. The van der Waals surface area contributed by atoms with Crippen LogP contribution in [0, 0.1) is 52.3 Å². The first-order chi connectivity index (χ1) is 14.1. The summed E-state index contributed by atoms with van der Waals surface area (Å²) in [5.41, 5.74) is 2.13. The van der Waals surface area contributed by atoms with Gasteiger partial charge in [-0.2, -0.15) is 0 Å². The lowest BCUT2D eigenvalue weighted by Gasteiger charge is -2.58. The Balaban J connectivity index is 1.58. The van der Waals surface area contributed by atoms with Crippen LogP contribution in [-0.4, -0.2) is 22.4 Å². The average Bonchev–Trinajstić information content (AvgIpc) is 3.04. The van der Waals surface area contributed by atoms with E-state index < -0.39 is 0 Å². The van der Waals surface area contributed by atoms with Crippen LogP contribution in [0.4, 0.5) is 0 Å². The van der Waals surface area contributed by atoms with Crippen molar-refractivity contribution in [3.05, 3.63) is 23.8 Å². The lowest BCUT2D eigenvalue weighted by Crippen LogP contribution is -2.53. The highest BCUT2D eigenvalue weighted by molar-refractivity contribution is 5.30. The molecule has 3 fully saturated rings. The third-order valence-corrected chi connectivity index (χ3v) is 10.6. The predicted molar refractivity (Wildman–Crippen MR) is 125 cm³/mol. The second-order valence-corrected chi connectivity index (χ2v) is 12.4. The van der Waals surface area contributed by atoms with Gasteiger partial charge in [-0.05, 0) is 97.2 Å². The molecule has 2 N–H and O–H groups in total. The van der Waals surface area contributed by atoms with E-state index in [1.807, 2.05) is 0 Å². The fraction of sp³-hybridized carbons (Fsp3) is 0.857. The zero-order valence-corrected chi connectivity index (χ0v) is 20.3. The standard InChI is InChI=1S/C28H46O2/c1-17(2)18(3)7-8-19(4)22-9-10-23-21-16-26(30)25-15-20(29)11-13-28(25,6)24(21)12-14-27(22,23)5/h7-8,16-20,22-26,29-30H,9-15H2,1-6H3. The molecule has 4 aliphatic carbocycles. The quantitative estimate of drug-likeness (QED) is 0.524. The van der Waals surface area contributed by atoms with Gasteiger partial charge in [0.1, 0.15) is 0 Å². The molecule has 0 aromatic carbocycles. The van der Waals surface area contributed by atoms with Crippen LogP contribution in [0.5, 0.6) is 0 Å². The highest BCUT2D eigenvalue weighted by Gasteiger charge is 2.59. The lowest BCUT2D eigenvalue weighted by molar-refractivity contribution is -0.0829. The number of aliphatic hydroxyl groups is 2. The summed E-state index contributed by atoms with van der Waals surface area (Å²) in [4.78, 5) is 0. The van der Waals surface area contributed by atoms with E-state index in [1.165, 1.54) is 25.7 Å². The van der Waals surface area contributed by atoms with E-state index in [1.54, 1.807) is 5.57 Å². The maximum Gasteiger partial charge on any atom is 0.0758 e. The van der Waals surface area contributed by atoms with Crippen molar-refractivity contribution in [2.24, 2.45) is 52.3 Å². The summed E-state index contributed by atoms with van der Waals surface area (Å²) in [5.74, 6) is 4.20. The molecule has 0 saturated heterocycles. The number of hydrogen-bond acceptors (Lipinski definition) is 2. The average molecular weight is 415 g/mol. The van der Waals surface area contributed by atoms with Gasteiger partial charge in [-0.25, -0.2) is 0 Å². The minimum Gasteiger partial charge on any atom is -0.393 e. The molecule has 4 rings (SSSR count). The first kappa shape index (κ1) is 22.6. The number of fused-ring (bicyclic) bond motifs is 5. The Hall–Kier alpha value is -0.600. The summed E-state index contributed by atoms with van der Waals surface area (Å²) < 4.78 is 0. The van der Waals surface area contributed by atoms with E-state index in [-0.39, 0.29) is 23.5 Å². The van der Waals surface area contributed by atoms with E-state index in [4.69, 9.17) is 0 Å². The van der Waals surface area contributed by atoms with Crippen LogP contribution >= 0.6 is 0 Å². The van der Waals surface area contributed by atoms with E-state index in [0.717, 1.165) is 25.2 Å². The van der Waals surface area contributed by atoms with Crippen LogP contribution in [0.3, 0.4) is 0 Å². The summed E-state index contributed by atoms with van der Waals surface area (Å²) in [6.45, 7) is 14.4. The van der Waals surface area contributed by atoms with Gasteiger partial charge in [-0.15, -0.1) is 0 Å². The summed E-state index contributed by atoms with van der Waals surface area (Å²) in [7, 11) is 0. The highest BCUT2D eigenvalue weighted by atomic mass is 16.3. The monoisotopic (exact) mass is 414 g/mol. The van der Waals surface area contributed by atoms with Gasteiger partial charge < -0.3 is 10.2 Å². The Morgan fingerprint density at radius 1 is 0.900 bits per heavy atom. The molecule has 3 saturated carbocycles. The Bertz CT molecular complexity index is 693.